The zero-order valence-corrected chi connectivity index (χ0v) is 19.1. The van der Waals surface area contributed by atoms with Crippen molar-refractivity contribution in [2.45, 2.75) is 18.9 Å². The van der Waals surface area contributed by atoms with Gasteiger partial charge in [-0.15, -0.1) is 0 Å². The molecule has 10 heteroatoms. The molecule has 0 aliphatic carbocycles. The largest absolute Gasteiger partial charge is 0.493 e. The van der Waals surface area contributed by atoms with Crippen molar-refractivity contribution in [2.24, 2.45) is 0 Å². The minimum Gasteiger partial charge on any atom is -0.493 e. The first-order chi connectivity index (χ1) is 16.0. The Labute approximate surface area is 195 Å². The van der Waals surface area contributed by atoms with Gasteiger partial charge in [0.2, 0.25) is 5.91 Å². The Bertz CT molecular complexity index is 1160. The minimum atomic E-state index is -0.566. The maximum Gasteiger partial charge on any atom is 0.225 e. The second kappa shape index (κ2) is 10.2. The highest BCUT2D eigenvalue weighted by Gasteiger charge is 2.28. The number of amides is 1. The van der Waals surface area contributed by atoms with Crippen molar-refractivity contribution in [3.05, 3.63) is 47.5 Å². The Morgan fingerprint density at radius 2 is 2.12 bits per heavy atom. The number of anilines is 2. The number of likely N-dealkylation sites (tertiary alicyclic amines) is 1. The molecule has 1 aromatic heterocycles. The van der Waals surface area contributed by atoms with E-state index in [1.165, 1.54) is 19.5 Å². The highest BCUT2D eigenvalue weighted by Crippen LogP contribution is 2.36. The molecule has 2 heterocycles. The van der Waals surface area contributed by atoms with Crippen LogP contribution in [0, 0.1) is 5.82 Å². The summed E-state index contributed by atoms with van der Waals surface area (Å²) in [5, 5.41) is 3.61. The summed E-state index contributed by atoms with van der Waals surface area (Å²) in [7, 11) is 3.11. The van der Waals surface area contributed by atoms with E-state index >= 15 is 0 Å². The normalized spacial score (nSPS) is 15.6. The van der Waals surface area contributed by atoms with Crippen molar-refractivity contribution in [2.75, 3.05) is 39.2 Å². The van der Waals surface area contributed by atoms with Gasteiger partial charge in [0.15, 0.2) is 17.3 Å². The number of methoxy groups -OCH3 is 2. The SMILES string of the molecule is COCCC(=O)N1CC[C@@H](Oc2cc3ncnc(Nc4cccc(Cl)c4F)c3cc2OC)C1. The van der Waals surface area contributed by atoms with Crippen molar-refractivity contribution in [3.8, 4) is 11.5 Å². The van der Waals surface area contributed by atoms with Crippen LogP contribution in [0.1, 0.15) is 12.8 Å². The second-order valence-electron chi connectivity index (χ2n) is 7.58. The van der Waals surface area contributed by atoms with Crippen LogP contribution in [0.25, 0.3) is 10.9 Å². The van der Waals surface area contributed by atoms with Gasteiger partial charge >= 0.3 is 0 Å². The van der Waals surface area contributed by atoms with E-state index in [-0.39, 0.29) is 22.7 Å². The quantitative estimate of drug-likeness (QED) is 0.524. The Hall–Kier alpha value is -3.17. The van der Waals surface area contributed by atoms with Gasteiger partial charge in [-0.1, -0.05) is 17.7 Å². The molecule has 0 unspecified atom stereocenters. The van der Waals surface area contributed by atoms with Gasteiger partial charge in [0.05, 0.1) is 42.9 Å². The van der Waals surface area contributed by atoms with Crippen LogP contribution in [0.3, 0.4) is 0 Å². The number of rotatable bonds is 8. The van der Waals surface area contributed by atoms with Gasteiger partial charge < -0.3 is 24.4 Å². The van der Waals surface area contributed by atoms with E-state index in [4.69, 9.17) is 25.8 Å². The molecule has 1 aliphatic heterocycles. The van der Waals surface area contributed by atoms with Crippen LogP contribution in [0.2, 0.25) is 5.02 Å². The molecule has 1 N–H and O–H groups in total. The number of halogens is 2. The molecule has 1 fully saturated rings. The van der Waals surface area contributed by atoms with E-state index in [0.717, 1.165) is 0 Å². The molecule has 33 heavy (non-hydrogen) atoms. The lowest BCUT2D eigenvalue weighted by Gasteiger charge is -2.19. The monoisotopic (exact) mass is 474 g/mol. The molecule has 1 aliphatic rings. The minimum absolute atomic E-state index is 0.0120. The fraction of sp³-hybridized carbons (Fsp3) is 0.348. The van der Waals surface area contributed by atoms with Gasteiger partial charge in [0.1, 0.15) is 18.2 Å². The lowest BCUT2D eigenvalue weighted by Crippen LogP contribution is -2.31. The number of aromatic nitrogens is 2. The molecule has 0 spiro atoms. The summed E-state index contributed by atoms with van der Waals surface area (Å²) in [6.07, 6.45) is 2.28. The molecule has 3 aromatic rings. The van der Waals surface area contributed by atoms with Crippen molar-refractivity contribution in [1.29, 1.82) is 0 Å². The average Bonchev–Trinajstić information content (AvgIpc) is 3.29. The van der Waals surface area contributed by atoms with Crippen molar-refractivity contribution < 1.29 is 23.4 Å². The van der Waals surface area contributed by atoms with Gasteiger partial charge in [-0.2, -0.15) is 0 Å². The number of benzene rings is 2. The summed E-state index contributed by atoms with van der Waals surface area (Å²) in [6.45, 7) is 1.52. The number of carbonyl (C=O) groups is 1. The molecule has 174 valence electrons. The zero-order valence-electron chi connectivity index (χ0n) is 18.3. The molecule has 2 aromatic carbocycles. The lowest BCUT2D eigenvalue weighted by atomic mass is 10.2. The third-order valence-electron chi connectivity index (χ3n) is 5.44. The molecule has 8 nitrogen and oxygen atoms in total. The van der Waals surface area contributed by atoms with Gasteiger partial charge in [-0.05, 0) is 18.2 Å². The molecular formula is C23H24ClFN4O4. The van der Waals surface area contributed by atoms with Crippen molar-refractivity contribution in [1.82, 2.24) is 14.9 Å². The summed E-state index contributed by atoms with van der Waals surface area (Å²) in [5.41, 5.74) is 0.794. The van der Waals surface area contributed by atoms with Crippen LogP contribution < -0.4 is 14.8 Å². The van der Waals surface area contributed by atoms with E-state index in [1.807, 2.05) is 0 Å². The molecule has 4 rings (SSSR count). The third-order valence-corrected chi connectivity index (χ3v) is 5.73. The fourth-order valence-corrected chi connectivity index (χ4v) is 3.90. The summed E-state index contributed by atoms with van der Waals surface area (Å²) >= 11 is 5.89. The molecule has 1 saturated heterocycles. The van der Waals surface area contributed by atoms with Gasteiger partial charge in [-0.25, -0.2) is 14.4 Å². The standard InChI is InChI=1S/C23H24ClFN4O4/c1-31-9-7-21(30)29-8-6-14(12-29)33-20-11-18-15(10-19(20)32-2)23(27-13-26-18)28-17-5-3-4-16(24)22(17)25/h3-5,10-11,13-14H,6-9,12H2,1-2H3,(H,26,27,28)/t14-/m1/s1. The van der Waals surface area contributed by atoms with Crippen LogP contribution in [0.15, 0.2) is 36.7 Å². The highest BCUT2D eigenvalue weighted by atomic mass is 35.5. The number of hydrogen-bond acceptors (Lipinski definition) is 7. The number of hydrogen-bond donors (Lipinski definition) is 1. The van der Waals surface area contributed by atoms with Gasteiger partial charge in [0.25, 0.3) is 0 Å². The van der Waals surface area contributed by atoms with Crippen LogP contribution in [-0.2, 0) is 9.53 Å². The first-order valence-electron chi connectivity index (χ1n) is 10.5. The Morgan fingerprint density at radius 3 is 2.91 bits per heavy atom. The van der Waals surface area contributed by atoms with Crippen LogP contribution in [0.5, 0.6) is 11.5 Å². The maximum absolute atomic E-state index is 14.4. The van der Waals surface area contributed by atoms with Crippen molar-refractivity contribution in [3.63, 3.8) is 0 Å². The second-order valence-corrected chi connectivity index (χ2v) is 7.99. The number of carbonyl (C=O) groups excluding carboxylic acids is 1. The van der Waals surface area contributed by atoms with Gasteiger partial charge in [-0.3, -0.25) is 4.79 Å². The molecule has 0 radical (unpaired) electrons. The number of ether oxygens (including phenoxy) is 3. The topological polar surface area (TPSA) is 85.8 Å². The number of nitrogens with zero attached hydrogens (tertiary/aromatic N) is 3. The smallest absolute Gasteiger partial charge is 0.225 e. The maximum atomic E-state index is 14.4. The summed E-state index contributed by atoms with van der Waals surface area (Å²) in [4.78, 5) is 22.6. The highest BCUT2D eigenvalue weighted by molar-refractivity contribution is 6.31. The summed E-state index contributed by atoms with van der Waals surface area (Å²) in [6, 6.07) is 8.19. The molecule has 1 amide bonds. The molecule has 0 saturated carbocycles. The predicted molar refractivity (Wildman–Crippen MR) is 123 cm³/mol. The third kappa shape index (κ3) is 5.09. The van der Waals surface area contributed by atoms with Crippen LogP contribution >= 0.6 is 11.6 Å². The summed E-state index contributed by atoms with van der Waals surface area (Å²) in [5.74, 6) is 0.881. The Balaban J connectivity index is 1.56. The first-order valence-corrected chi connectivity index (χ1v) is 10.8. The van der Waals surface area contributed by atoms with Crippen molar-refractivity contribution >= 4 is 39.9 Å². The lowest BCUT2D eigenvalue weighted by molar-refractivity contribution is -0.131. The van der Waals surface area contributed by atoms with Gasteiger partial charge in [0, 0.05) is 31.5 Å². The molecule has 1 atom stereocenters. The number of fused-ring (bicyclic) bond motifs is 1. The average molecular weight is 475 g/mol. The first kappa shape index (κ1) is 23.0. The zero-order chi connectivity index (χ0) is 23.4. The Kier molecular flexibility index (Phi) is 7.10. The molecular weight excluding hydrogens is 451 g/mol. The van der Waals surface area contributed by atoms with Crippen LogP contribution in [-0.4, -0.2) is 60.8 Å². The van der Waals surface area contributed by atoms with E-state index in [2.05, 4.69) is 15.3 Å². The predicted octanol–water partition coefficient (Wildman–Crippen LogP) is 4.19. The fourth-order valence-electron chi connectivity index (χ4n) is 3.72. The Morgan fingerprint density at radius 1 is 1.27 bits per heavy atom. The number of nitrogens with one attached hydrogen (secondary N) is 1. The van der Waals surface area contributed by atoms with Crippen LogP contribution in [0.4, 0.5) is 15.9 Å². The molecule has 0 bridgehead atoms. The summed E-state index contributed by atoms with van der Waals surface area (Å²) < 4.78 is 31.1. The van der Waals surface area contributed by atoms with E-state index in [1.54, 1.807) is 36.3 Å². The van der Waals surface area contributed by atoms with E-state index in [0.29, 0.717) is 60.8 Å². The van der Waals surface area contributed by atoms with E-state index in [9.17, 15) is 9.18 Å². The van der Waals surface area contributed by atoms with E-state index < -0.39 is 5.82 Å².